The van der Waals surface area contributed by atoms with Crippen LogP contribution < -0.4 is 34.3 Å². The smallest absolute Gasteiger partial charge is 1.00 e. The summed E-state index contributed by atoms with van der Waals surface area (Å²) in [5.74, 6) is -0.0409. The van der Waals surface area contributed by atoms with E-state index >= 15 is 0 Å². The summed E-state index contributed by atoms with van der Waals surface area (Å²) in [5, 5.41) is 0. The van der Waals surface area contributed by atoms with Crippen LogP contribution in [0, 0.1) is 0 Å². The van der Waals surface area contributed by atoms with Crippen LogP contribution in [0.25, 0.3) is 0 Å². The van der Waals surface area contributed by atoms with Crippen molar-refractivity contribution in [1.82, 2.24) is 0 Å². The SMILES string of the molecule is CCCCCCCCCCCC(=O)Oc1ccc(S(=O)(=O)O)cc1.[H-].[Na+]. The van der Waals surface area contributed by atoms with E-state index in [9.17, 15) is 13.2 Å². The van der Waals surface area contributed by atoms with Crippen molar-refractivity contribution >= 4 is 16.1 Å². The van der Waals surface area contributed by atoms with E-state index in [1.165, 1.54) is 62.8 Å². The summed E-state index contributed by atoms with van der Waals surface area (Å²) in [5.41, 5.74) is 0. The van der Waals surface area contributed by atoms with E-state index in [-0.39, 0.29) is 47.6 Å². The topological polar surface area (TPSA) is 80.7 Å². The number of rotatable bonds is 12. The van der Waals surface area contributed by atoms with E-state index in [0.717, 1.165) is 19.3 Å². The van der Waals surface area contributed by atoms with Gasteiger partial charge in [0.15, 0.2) is 0 Å². The molecular formula is C18H29NaO5S. The van der Waals surface area contributed by atoms with E-state index < -0.39 is 10.1 Å². The van der Waals surface area contributed by atoms with Gasteiger partial charge in [0.1, 0.15) is 5.75 Å². The van der Waals surface area contributed by atoms with Crippen molar-refractivity contribution in [1.29, 1.82) is 0 Å². The number of benzene rings is 1. The van der Waals surface area contributed by atoms with Gasteiger partial charge >= 0.3 is 35.5 Å². The van der Waals surface area contributed by atoms with Crippen LogP contribution in [0.15, 0.2) is 29.2 Å². The van der Waals surface area contributed by atoms with Gasteiger partial charge in [0.05, 0.1) is 4.90 Å². The second kappa shape index (κ2) is 13.8. The van der Waals surface area contributed by atoms with E-state index in [1.807, 2.05) is 0 Å². The fourth-order valence-corrected chi connectivity index (χ4v) is 2.92. The quantitative estimate of drug-likeness (QED) is 0.197. The Balaban J connectivity index is 0. The van der Waals surface area contributed by atoms with Crippen LogP contribution >= 0.6 is 0 Å². The minimum Gasteiger partial charge on any atom is -1.00 e. The van der Waals surface area contributed by atoms with Crippen molar-refractivity contribution in [3.63, 3.8) is 0 Å². The van der Waals surface area contributed by atoms with E-state index in [4.69, 9.17) is 9.29 Å². The Morgan fingerprint density at radius 1 is 0.960 bits per heavy atom. The molecule has 0 aliphatic rings. The van der Waals surface area contributed by atoms with Crippen LogP contribution in [0.1, 0.15) is 72.6 Å². The fourth-order valence-electron chi connectivity index (χ4n) is 2.44. The molecule has 1 aromatic rings. The molecule has 0 unspecified atom stereocenters. The number of esters is 1. The number of hydrogen-bond donors (Lipinski definition) is 1. The van der Waals surface area contributed by atoms with Crippen molar-refractivity contribution in [3.05, 3.63) is 24.3 Å². The van der Waals surface area contributed by atoms with Gasteiger partial charge < -0.3 is 6.16 Å². The monoisotopic (exact) mass is 380 g/mol. The van der Waals surface area contributed by atoms with Crippen LogP contribution in [0.2, 0.25) is 0 Å². The minimum atomic E-state index is -4.22. The summed E-state index contributed by atoms with van der Waals surface area (Å²) in [4.78, 5) is 11.5. The molecular weight excluding hydrogens is 351 g/mol. The number of ether oxygens (including phenoxy) is 1. The van der Waals surface area contributed by atoms with Gasteiger partial charge in [0, 0.05) is 6.42 Å². The van der Waals surface area contributed by atoms with Crippen LogP contribution in [0.3, 0.4) is 0 Å². The van der Waals surface area contributed by atoms with Gasteiger partial charge in [-0.25, -0.2) is 0 Å². The van der Waals surface area contributed by atoms with Gasteiger partial charge in [-0.15, -0.1) is 0 Å². The number of carbonyl (C=O) groups excluding carboxylic acids is 1. The molecule has 0 amide bonds. The van der Waals surface area contributed by atoms with Gasteiger partial charge in [0.2, 0.25) is 0 Å². The normalized spacial score (nSPS) is 11.0. The molecule has 1 aromatic carbocycles. The zero-order valence-electron chi connectivity index (χ0n) is 16.4. The summed E-state index contributed by atoms with van der Waals surface area (Å²) in [6, 6.07) is 5.13. The van der Waals surface area contributed by atoms with Crippen molar-refractivity contribution < 1.29 is 53.5 Å². The first-order chi connectivity index (χ1) is 11.4. The third kappa shape index (κ3) is 11.8. The Bertz CT molecular complexity index is 590. The molecule has 0 spiro atoms. The predicted octanol–water partition coefficient (Wildman–Crippen LogP) is 1.88. The molecule has 0 aliphatic carbocycles. The standard InChI is InChI=1S/C18H28O5S.Na.H/c1-2-3-4-5-6-7-8-9-10-11-18(19)23-16-12-14-17(15-13-16)24(20,21)22;;/h12-15H,2-11H2,1H3,(H,20,21,22);;/q;+1;-1. The largest absolute Gasteiger partial charge is 1.00 e. The van der Waals surface area contributed by atoms with Crippen LogP contribution in [-0.4, -0.2) is 18.9 Å². The molecule has 0 heterocycles. The molecule has 1 N–H and O–H groups in total. The molecule has 0 atom stereocenters. The molecule has 5 nitrogen and oxygen atoms in total. The van der Waals surface area contributed by atoms with E-state index in [2.05, 4.69) is 6.92 Å². The molecule has 138 valence electrons. The first-order valence-electron chi connectivity index (χ1n) is 8.71. The first kappa shape index (κ1) is 24.6. The Morgan fingerprint density at radius 3 is 1.92 bits per heavy atom. The third-order valence-corrected chi connectivity index (χ3v) is 4.71. The molecule has 1 rings (SSSR count). The second-order valence-electron chi connectivity index (χ2n) is 6.00. The van der Waals surface area contributed by atoms with Crippen molar-refractivity contribution in [2.75, 3.05) is 0 Å². The molecule has 0 aliphatic heterocycles. The van der Waals surface area contributed by atoms with Crippen LogP contribution in [-0.2, 0) is 14.9 Å². The second-order valence-corrected chi connectivity index (χ2v) is 7.42. The predicted molar refractivity (Wildman–Crippen MR) is 94.8 cm³/mol. The Hall–Kier alpha value is -0.400. The summed E-state index contributed by atoms with van der Waals surface area (Å²) >= 11 is 0. The summed E-state index contributed by atoms with van der Waals surface area (Å²) < 4.78 is 35.8. The zero-order valence-corrected chi connectivity index (χ0v) is 18.2. The molecule has 0 fully saturated rings. The molecule has 0 bridgehead atoms. The molecule has 0 saturated heterocycles. The Kier molecular flexibility index (Phi) is 13.5. The molecule has 0 saturated carbocycles. The first-order valence-corrected chi connectivity index (χ1v) is 10.2. The summed E-state index contributed by atoms with van der Waals surface area (Å²) in [6.07, 6.45) is 11.0. The molecule has 0 aromatic heterocycles. The third-order valence-electron chi connectivity index (χ3n) is 3.84. The number of carbonyl (C=O) groups is 1. The van der Waals surface area contributed by atoms with Gasteiger partial charge in [0.25, 0.3) is 10.1 Å². The number of hydrogen-bond acceptors (Lipinski definition) is 4. The average molecular weight is 380 g/mol. The van der Waals surface area contributed by atoms with Crippen molar-refractivity contribution in [2.24, 2.45) is 0 Å². The molecule has 7 heteroatoms. The summed E-state index contributed by atoms with van der Waals surface area (Å²) in [6.45, 7) is 2.21. The van der Waals surface area contributed by atoms with Crippen LogP contribution in [0.4, 0.5) is 0 Å². The Morgan fingerprint density at radius 2 is 1.44 bits per heavy atom. The van der Waals surface area contributed by atoms with Gasteiger partial charge in [-0.3, -0.25) is 9.35 Å². The van der Waals surface area contributed by atoms with Crippen molar-refractivity contribution in [3.8, 4) is 5.75 Å². The molecule has 25 heavy (non-hydrogen) atoms. The van der Waals surface area contributed by atoms with E-state index in [0.29, 0.717) is 6.42 Å². The fraction of sp³-hybridized carbons (Fsp3) is 0.611. The number of unbranched alkanes of at least 4 members (excludes halogenated alkanes) is 8. The van der Waals surface area contributed by atoms with Gasteiger partial charge in [-0.05, 0) is 30.7 Å². The zero-order chi connectivity index (χ0) is 17.8. The minimum absolute atomic E-state index is 0. The maximum atomic E-state index is 11.7. The average Bonchev–Trinajstić information content (AvgIpc) is 2.53. The van der Waals surface area contributed by atoms with Crippen LogP contribution in [0.5, 0.6) is 5.75 Å². The van der Waals surface area contributed by atoms with E-state index in [1.54, 1.807) is 0 Å². The van der Waals surface area contributed by atoms with Crippen molar-refractivity contribution in [2.45, 2.75) is 76.0 Å². The van der Waals surface area contributed by atoms with Gasteiger partial charge in [-0.1, -0.05) is 58.3 Å². The Labute approximate surface area is 175 Å². The molecule has 0 radical (unpaired) electrons. The maximum absolute atomic E-state index is 11.7. The summed E-state index contributed by atoms with van der Waals surface area (Å²) in [7, 11) is -4.22. The maximum Gasteiger partial charge on any atom is 1.00 e. The van der Waals surface area contributed by atoms with Gasteiger partial charge in [-0.2, -0.15) is 8.42 Å².